The zero-order valence-electron chi connectivity index (χ0n) is 15.4. The number of carbonyl (C=O) groups is 1. The van der Waals surface area contributed by atoms with Crippen molar-refractivity contribution in [2.75, 3.05) is 30.1 Å². The lowest BCUT2D eigenvalue weighted by atomic mass is 10.2. The molecule has 0 spiro atoms. The molecular weight excluding hydrogens is 392 g/mol. The van der Waals surface area contributed by atoms with E-state index in [1.54, 1.807) is 37.4 Å². The molecule has 0 fully saturated rings. The van der Waals surface area contributed by atoms with Crippen molar-refractivity contribution in [1.82, 2.24) is 0 Å². The maximum atomic E-state index is 12.6. The van der Waals surface area contributed by atoms with E-state index in [0.717, 1.165) is 10.6 Å². The molecule has 1 amide bonds. The molecule has 27 heavy (non-hydrogen) atoms. The highest BCUT2D eigenvalue weighted by Crippen LogP contribution is 2.31. The first-order valence-electron chi connectivity index (χ1n) is 7.95. The Morgan fingerprint density at radius 3 is 2.22 bits per heavy atom. The second-order valence-electron chi connectivity index (χ2n) is 5.77. The van der Waals surface area contributed by atoms with Crippen LogP contribution in [0.5, 0.6) is 11.5 Å². The normalized spacial score (nSPS) is 12.2. The minimum absolute atomic E-state index is 0.242. The summed E-state index contributed by atoms with van der Waals surface area (Å²) in [6.45, 7) is 1.50. The van der Waals surface area contributed by atoms with E-state index in [9.17, 15) is 13.2 Å². The fourth-order valence-electron chi connectivity index (χ4n) is 2.52. The molecule has 0 aromatic heterocycles. The topological polar surface area (TPSA) is 84.9 Å². The average Bonchev–Trinajstić information content (AvgIpc) is 2.61. The number of carbonyl (C=O) groups excluding carboxylic acids is 1. The minimum Gasteiger partial charge on any atom is -0.497 e. The third kappa shape index (κ3) is 5.05. The lowest BCUT2D eigenvalue weighted by Gasteiger charge is -2.28. The Morgan fingerprint density at radius 2 is 1.74 bits per heavy atom. The lowest BCUT2D eigenvalue weighted by Crippen LogP contribution is -2.45. The maximum Gasteiger partial charge on any atom is 0.247 e. The smallest absolute Gasteiger partial charge is 0.247 e. The summed E-state index contributed by atoms with van der Waals surface area (Å²) in [4.78, 5) is 12.6. The van der Waals surface area contributed by atoms with Gasteiger partial charge in [0.25, 0.3) is 0 Å². The first kappa shape index (κ1) is 20.9. The van der Waals surface area contributed by atoms with E-state index in [0.29, 0.717) is 17.2 Å². The largest absolute Gasteiger partial charge is 0.497 e. The van der Waals surface area contributed by atoms with Crippen LogP contribution in [0.4, 0.5) is 11.4 Å². The van der Waals surface area contributed by atoms with Crippen molar-refractivity contribution < 1.29 is 22.7 Å². The molecule has 0 aliphatic carbocycles. The third-order valence-electron chi connectivity index (χ3n) is 3.84. The van der Waals surface area contributed by atoms with Crippen LogP contribution in [-0.4, -0.2) is 40.8 Å². The van der Waals surface area contributed by atoms with Gasteiger partial charge in [0.05, 0.1) is 31.2 Å². The number of nitrogens with zero attached hydrogens (tertiary/aromatic N) is 1. The number of benzene rings is 2. The van der Waals surface area contributed by atoms with Crippen LogP contribution in [0.1, 0.15) is 6.92 Å². The van der Waals surface area contributed by atoms with Gasteiger partial charge in [0.1, 0.15) is 17.5 Å². The Kier molecular flexibility index (Phi) is 6.56. The Morgan fingerprint density at radius 1 is 1.11 bits per heavy atom. The van der Waals surface area contributed by atoms with Gasteiger partial charge in [0.15, 0.2) is 0 Å². The summed E-state index contributed by atoms with van der Waals surface area (Å²) in [6.07, 6.45) is 1.03. The number of hydrogen-bond acceptors (Lipinski definition) is 5. The van der Waals surface area contributed by atoms with E-state index in [1.165, 1.54) is 26.2 Å². The Balaban J connectivity index is 2.30. The van der Waals surface area contributed by atoms with Gasteiger partial charge >= 0.3 is 0 Å². The van der Waals surface area contributed by atoms with Gasteiger partial charge in [-0.2, -0.15) is 0 Å². The predicted molar refractivity (Wildman–Crippen MR) is 106 cm³/mol. The van der Waals surface area contributed by atoms with Crippen molar-refractivity contribution in [3.63, 3.8) is 0 Å². The lowest BCUT2D eigenvalue weighted by molar-refractivity contribution is -0.116. The summed E-state index contributed by atoms with van der Waals surface area (Å²) in [5.74, 6) is 0.563. The van der Waals surface area contributed by atoms with Crippen LogP contribution >= 0.6 is 11.6 Å². The second kappa shape index (κ2) is 8.49. The maximum absolute atomic E-state index is 12.6. The standard InChI is InChI=1S/C18H21ClN2O5S/c1-12(18(22)20-13-5-8-15(25-2)9-6-13)21(27(4,23)24)14-7-10-17(26-3)16(19)11-14/h5-12H,1-4H3,(H,20,22)/t12-/m0/s1. The number of nitrogens with one attached hydrogen (secondary N) is 1. The monoisotopic (exact) mass is 412 g/mol. The zero-order valence-corrected chi connectivity index (χ0v) is 17.0. The number of hydrogen-bond donors (Lipinski definition) is 1. The Bertz CT molecular complexity index is 916. The molecule has 0 radical (unpaired) electrons. The zero-order chi connectivity index (χ0) is 20.2. The van der Waals surface area contributed by atoms with Gasteiger partial charge in [0, 0.05) is 5.69 Å². The van der Waals surface area contributed by atoms with E-state index in [4.69, 9.17) is 21.1 Å². The average molecular weight is 413 g/mol. The molecular formula is C18H21ClN2O5S. The molecule has 1 atom stereocenters. The molecule has 0 saturated heterocycles. The van der Waals surface area contributed by atoms with E-state index < -0.39 is 22.0 Å². The van der Waals surface area contributed by atoms with Crippen LogP contribution in [0.25, 0.3) is 0 Å². The molecule has 0 bridgehead atoms. The van der Waals surface area contributed by atoms with Crippen molar-refractivity contribution in [2.24, 2.45) is 0 Å². The minimum atomic E-state index is -3.75. The van der Waals surface area contributed by atoms with Crippen molar-refractivity contribution in [2.45, 2.75) is 13.0 Å². The third-order valence-corrected chi connectivity index (χ3v) is 5.37. The molecule has 0 aliphatic rings. The summed E-state index contributed by atoms with van der Waals surface area (Å²) in [5, 5.41) is 2.94. The Hall–Kier alpha value is -2.45. The number of amides is 1. The van der Waals surface area contributed by atoms with Crippen LogP contribution < -0.4 is 19.1 Å². The van der Waals surface area contributed by atoms with Gasteiger partial charge < -0.3 is 14.8 Å². The molecule has 2 aromatic carbocycles. The fourth-order valence-corrected chi connectivity index (χ4v) is 3.94. The van der Waals surface area contributed by atoms with Gasteiger partial charge in [0.2, 0.25) is 15.9 Å². The molecule has 1 N–H and O–H groups in total. The molecule has 146 valence electrons. The SMILES string of the molecule is COc1ccc(NC(=O)[C@H](C)N(c2ccc(OC)c(Cl)c2)S(C)(=O)=O)cc1. The van der Waals surface area contributed by atoms with Crippen molar-refractivity contribution >= 4 is 38.9 Å². The van der Waals surface area contributed by atoms with Crippen molar-refractivity contribution in [3.05, 3.63) is 47.5 Å². The van der Waals surface area contributed by atoms with Crippen molar-refractivity contribution in [1.29, 1.82) is 0 Å². The molecule has 0 unspecified atom stereocenters. The number of rotatable bonds is 7. The molecule has 7 nitrogen and oxygen atoms in total. The fraction of sp³-hybridized carbons (Fsp3) is 0.278. The van der Waals surface area contributed by atoms with E-state index >= 15 is 0 Å². The van der Waals surface area contributed by atoms with Crippen molar-refractivity contribution in [3.8, 4) is 11.5 Å². The highest BCUT2D eigenvalue weighted by Gasteiger charge is 2.29. The molecule has 2 rings (SSSR count). The van der Waals surface area contributed by atoms with Crippen LogP contribution in [0.2, 0.25) is 5.02 Å². The van der Waals surface area contributed by atoms with E-state index in [2.05, 4.69) is 5.32 Å². The molecule has 0 heterocycles. The van der Waals surface area contributed by atoms with Gasteiger partial charge in [-0.15, -0.1) is 0 Å². The summed E-state index contributed by atoms with van der Waals surface area (Å²) < 4.78 is 35.8. The van der Waals surface area contributed by atoms with Crippen LogP contribution in [0, 0.1) is 0 Å². The number of ether oxygens (including phenoxy) is 2. The van der Waals surface area contributed by atoms with Gasteiger partial charge in [-0.1, -0.05) is 11.6 Å². The summed E-state index contributed by atoms with van der Waals surface area (Å²) in [5.41, 5.74) is 0.787. The first-order chi connectivity index (χ1) is 12.7. The molecule has 0 aliphatic heterocycles. The first-order valence-corrected chi connectivity index (χ1v) is 10.2. The summed E-state index contributed by atoms with van der Waals surface area (Å²) in [7, 11) is -0.749. The Labute approximate surface area is 163 Å². The highest BCUT2D eigenvalue weighted by atomic mass is 35.5. The number of sulfonamides is 1. The molecule has 2 aromatic rings. The molecule has 9 heteroatoms. The quantitative estimate of drug-likeness (QED) is 0.755. The van der Waals surface area contributed by atoms with Crippen LogP contribution in [-0.2, 0) is 14.8 Å². The second-order valence-corrected chi connectivity index (χ2v) is 8.04. The van der Waals surface area contributed by atoms with Gasteiger partial charge in [-0.25, -0.2) is 8.42 Å². The van der Waals surface area contributed by atoms with Crippen LogP contribution in [0.3, 0.4) is 0 Å². The summed E-state index contributed by atoms with van der Waals surface area (Å²) in [6, 6.07) is 10.2. The van der Waals surface area contributed by atoms with Gasteiger partial charge in [-0.05, 0) is 49.4 Å². The van der Waals surface area contributed by atoms with E-state index in [1.807, 2.05) is 0 Å². The summed E-state index contributed by atoms with van der Waals surface area (Å²) >= 11 is 6.11. The predicted octanol–water partition coefficient (Wildman–Crippen LogP) is 3.15. The number of methoxy groups -OCH3 is 2. The van der Waals surface area contributed by atoms with E-state index in [-0.39, 0.29) is 10.7 Å². The molecule has 0 saturated carbocycles. The van der Waals surface area contributed by atoms with Crippen LogP contribution in [0.15, 0.2) is 42.5 Å². The highest BCUT2D eigenvalue weighted by molar-refractivity contribution is 7.92. The number of anilines is 2. The van der Waals surface area contributed by atoms with Gasteiger partial charge in [-0.3, -0.25) is 9.10 Å². The number of halogens is 1.